The Bertz CT molecular complexity index is 837. The van der Waals surface area contributed by atoms with Crippen LogP contribution in [-0.4, -0.2) is 48.5 Å². The maximum Gasteiger partial charge on any atom is 0.163 e. The smallest absolute Gasteiger partial charge is 0.163 e. The second kappa shape index (κ2) is 6.47. The summed E-state index contributed by atoms with van der Waals surface area (Å²) in [4.78, 5) is 15.5. The Morgan fingerprint density at radius 1 is 1.29 bits per heavy atom. The van der Waals surface area contributed by atoms with Crippen molar-refractivity contribution >= 4 is 15.7 Å². The molecule has 1 atom stereocenters. The van der Waals surface area contributed by atoms with Gasteiger partial charge in [-0.15, -0.1) is 0 Å². The number of pyridine rings is 1. The lowest BCUT2D eigenvalue weighted by atomic mass is 10.1. The van der Waals surface area contributed by atoms with Crippen molar-refractivity contribution in [2.45, 2.75) is 20.3 Å². The largest absolute Gasteiger partial charge is 0.359 e. The van der Waals surface area contributed by atoms with E-state index in [9.17, 15) is 8.42 Å². The second-order valence-electron chi connectivity index (χ2n) is 6.47. The van der Waals surface area contributed by atoms with E-state index in [0.29, 0.717) is 18.1 Å². The highest BCUT2D eigenvalue weighted by Crippen LogP contribution is 2.26. The molecule has 1 fully saturated rings. The van der Waals surface area contributed by atoms with E-state index < -0.39 is 9.84 Å². The van der Waals surface area contributed by atoms with Crippen LogP contribution in [0.15, 0.2) is 24.5 Å². The molecule has 6 nitrogen and oxygen atoms in total. The molecule has 1 saturated heterocycles. The normalized spacial score (nSPS) is 19.4. The van der Waals surface area contributed by atoms with Crippen molar-refractivity contribution in [1.82, 2.24) is 15.0 Å². The summed E-state index contributed by atoms with van der Waals surface area (Å²) in [7, 11) is -0.895. The van der Waals surface area contributed by atoms with Gasteiger partial charge in [-0.3, -0.25) is 4.98 Å². The van der Waals surface area contributed by atoms with E-state index in [1.54, 1.807) is 12.4 Å². The summed E-state index contributed by atoms with van der Waals surface area (Å²) in [5.74, 6) is 2.23. The fourth-order valence-electron chi connectivity index (χ4n) is 3.10. The zero-order chi connectivity index (χ0) is 17.3. The van der Waals surface area contributed by atoms with Crippen LogP contribution in [0.25, 0.3) is 11.4 Å². The lowest BCUT2D eigenvalue weighted by Crippen LogP contribution is -2.28. The SMILES string of the molecule is Cc1nc(-c2cccnc2)nc(N(C)CC2CCS(=O)(=O)C2)c1C. The lowest BCUT2D eigenvalue weighted by molar-refractivity contribution is 0.579. The van der Waals surface area contributed by atoms with Gasteiger partial charge in [0, 0.05) is 42.8 Å². The zero-order valence-corrected chi connectivity index (χ0v) is 15.0. The minimum absolute atomic E-state index is 0.163. The molecule has 2 aromatic rings. The molecule has 0 aromatic carbocycles. The van der Waals surface area contributed by atoms with Gasteiger partial charge in [-0.1, -0.05) is 0 Å². The maximum atomic E-state index is 11.7. The van der Waals surface area contributed by atoms with E-state index >= 15 is 0 Å². The zero-order valence-electron chi connectivity index (χ0n) is 14.2. The first-order valence-electron chi connectivity index (χ1n) is 8.03. The second-order valence-corrected chi connectivity index (χ2v) is 8.70. The van der Waals surface area contributed by atoms with Crippen LogP contribution < -0.4 is 4.90 Å². The summed E-state index contributed by atoms with van der Waals surface area (Å²) in [6.45, 7) is 4.65. The highest BCUT2D eigenvalue weighted by Gasteiger charge is 2.29. The Morgan fingerprint density at radius 3 is 2.71 bits per heavy atom. The molecular formula is C17H22N4O2S. The van der Waals surface area contributed by atoms with Crippen LogP contribution in [0, 0.1) is 19.8 Å². The average molecular weight is 346 g/mol. The van der Waals surface area contributed by atoms with E-state index in [1.165, 1.54) is 0 Å². The van der Waals surface area contributed by atoms with E-state index in [4.69, 9.17) is 4.98 Å². The third kappa shape index (κ3) is 3.56. The number of hydrogen-bond donors (Lipinski definition) is 0. The molecule has 128 valence electrons. The summed E-state index contributed by atoms with van der Waals surface area (Å²) >= 11 is 0. The molecule has 0 N–H and O–H groups in total. The molecule has 2 aromatic heterocycles. The molecule has 1 aliphatic heterocycles. The van der Waals surface area contributed by atoms with Gasteiger partial charge < -0.3 is 4.90 Å². The van der Waals surface area contributed by atoms with E-state index in [-0.39, 0.29) is 11.7 Å². The molecule has 0 spiro atoms. The number of hydrogen-bond acceptors (Lipinski definition) is 6. The van der Waals surface area contributed by atoms with Crippen LogP contribution in [0.2, 0.25) is 0 Å². The fourth-order valence-corrected chi connectivity index (χ4v) is 4.95. The summed E-state index contributed by atoms with van der Waals surface area (Å²) < 4.78 is 23.3. The van der Waals surface area contributed by atoms with Gasteiger partial charge in [0.05, 0.1) is 11.5 Å². The minimum atomic E-state index is -2.86. The van der Waals surface area contributed by atoms with Gasteiger partial charge in [-0.25, -0.2) is 18.4 Å². The molecular weight excluding hydrogens is 324 g/mol. The molecule has 3 heterocycles. The van der Waals surface area contributed by atoms with Crippen molar-refractivity contribution in [2.24, 2.45) is 5.92 Å². The molecule has 3 rings (SSSR count). The van der Waals surface area contributed by atoms with E-state index in [1.807, 2.05) is 33.0 Å². The maximum absolute atomic E-state index is 11.7. The number of nitrogens with zero attached hydrogens (tertiary/aromatic N) is 4. The van der Waals surface area contributed by atoms with Crippen LogP contribution in [0.4, 0.5) is 5.82 Å². The number of rotatable bonds is 4. The van der Waals surface area contributed by atoms with Crippen LogP contribution in [-0.2, 0) is 9.84 Å². The standard InChI is InChI=1S/C17H22N4O2S/c1-12-13(2)19-16(15-5-4-7-18-9-15)20-17(12)21(3)10-14-6-8-24(22,23)11-14/h4-5,7,9,14H,6,8,10-11H2,1-3H3. The van der Waals surface area contributed by atoms with Gasteiger partial charge in [0.1, 0.15) is 5.82 Å². The molecule has 0 amide bonds. The Balaban J connectivity index is 1.88. The highest BCUT2D eigenvalue weighted by atomic mass is 32.2. The Labute approximate surface area is 142 Å². The van der Waals surface area contributed by atoms with Crippen molar-refractivity contribution in [3.05, 3.63) is 35.8 Å². The lowest BCUT2D eigenvalue weighted by Gasteiger charge is -2.24. The van der Waals surface area contributed by atoms with Gasteiger partial charge in [0.25, 0.3) is 0 Å². The van der Waals surface area contributed by atoms with Gasteiger partial charge >= 0.3 is 0 Å². The summed E-state index contributed by atoms with van der Waals surface area (Å²) in [6.07, 6.45) is 4.20. The predicted octanol–water partition coefficient (Wildman–Crippen LogP) is 2.03. The average Bonchev–Trinajstić information content (AvgIpc) is 2.89. The van der Waals surface area contributed by atoms with Crippen molar-refractivity contribution < 1.29 is 8.42 Å². The quantitative estimate of drug-likeness (QED) is 0.843. The van der Waals surface area contributed by atoms with Crippen molar-refractivity contribution in [3.8, 4) is 11.4 Å². The highest BCUT2D eigenvalue weighted by molar-refractivity contribution is 7.91. The molecule has 0 bridgehead atoms. The molecule has 0 aliphatic carbocycles. The molecule has 1 unspecified atom stereocenters. The Morgan fingerprint density at radius 2 is 2.08 bits per heavy atom. The summed E-state index contributed by atoms with van der Waals surface area (Å²) in [6, 6.07) is 3.80. The number of sulfone groups is 1. The third-order valence-electron chi connectivity index (χ3n) is 4.50. The molecule has 0 saturated carbocycles. The molecule has 0 radical (unpaired) electrons. The van der Waals surface area contributed by atoms with Gasteiger partial charge in [-0.05, 0) is 38.3 Å². The van der Waals surface area contributed by atoms with Gasteiger partial charge in [0.15, 0.2) is 15.7 Å². The minimum Gasteiger partial charge on any atom is -0.359 e. The van der Waals surface area contributed by atoms with Gasteiger partial charge in [0.2, 0.25) is 0 Å². The van der Waals surface area contributed by atoms with Crippen LogP contribution >= 0.6 is 0 Å². The van der Waals surface area contributed by atoms with Crippen LogP contribution in [0.3, 0.4) is 0 Å². The van der Waals surface area contributed by atoms with Crippen molar-refractivity contribution in [2.75, 3.05) is 30.0 Å². The fraction of sp³-hybridized carbons (Fsp3) is 0.471. The topological polar surface area (TPSA) is 76.1 Å². The van der Waals surface area contributed by atoms with Crippen LogP contribution in [0.1, 0.15) is 17.7 Å². The number of aryl methyl sites for hydroxylation is 1. The first-order valence-corrected chi connectivity index (χ1v) is 9.85. The van der Waals surface area contributed by atoms with Gasteiger partial charge in [-0.2, -0.15) is 0 Å². The number of aromatic nitrogens is 3. The predicted molar refractivity (Wildman–Crippen MR) is 94.8 cm³/mol. The first kappa shape index (κ1) is 16.8. The van der Waals surface area contributed by atoms with E-state index in [2.05, 4.69) is 14.9 Å². The van der Waals surface area contributed by atoms with Crippen molar-refractivity contribution in [3.63, 3.8) is 0 Å². The van der Waals surface area contributed by atoms with Crippen LogP contribution in [0.5, 0.6) is 0 Å². The van der Waals surface area contributed by atoms with Crippen molar-refractivity contribution in [1.29, 1.82) is 0 Å². The van der Waals surface area contributed by atoms with E-state index in [0.717, 1.165) is 29.1 Å². The summed E-state index contributed by atoms with van der Waals surface area (Å²) in [5.41, 5.74) is 2.81. The Kier molecular flexibility index (Phi) is 4.54. The summed E-state index contributed by atoms with van der Waals surface area (Å²) in [5, 5.41) is 0. The monoisotopic (exact) mass is 346 g/mol. The molecule has 24 heavy (non-hydrogen) atoms. The first-order chi connectivity index (χ1) is 11.4. The third-order valence-corrected chi connectivity index (χ3v) is 6.34. The molecule has 1 aliphatic rings. The number of anilines is 1. The Hall–Kier alpha value is -2.02. The molecule has 7 heteroatoms.